The third-order valence-corrected chi connectivity index (χ3v) is 3.09. The molecule has 0 aliphatic heterocycles. The van der Waals surface area contributed by atoms with Gasteiger partial charge in [0, 0.05) is 17.1 Å². The molecule has 18 heavy (non-hydrogen) atoms. The lowest BCUT2D eigenvalue weighted by Gasteiger charge is -2.26. The summed E-state index contributed by atoms with van der Waals surface area (Å²) in [5.74, 6) is -0.535. The number of nitrogens with two attached hydrogens (primary N) is 1. The van der Waals surface area contributed by atoms with Gasteiger partial charge in [-0.2, -0.15) is 0 Å². The molecule has 0 aromatic heterocycles. The van der Waals surface area contributed by atoms with E-state index in [9.17, 15) is 4.79 Å². The molecule has 0 heterocycles. The summed E-state index contributed by atoms with van der Waals surface area (Å²) in [6.07, 6.45) is 0. The van der Waals surface area contributed by atoms with E-state index in [0.29, 0.717) is 17.1 Å². The first-order valence-corrected chi connectivity index (χ1v) is 5.84. The molecular formula is C12H17ClN2O3. The fraction of sp³-hybridized carbons (Fsp3) is 0.417. The molecule has 5 nitrogen and oxygen atoms in total. The standard InChI is InChI=1S/C12H17ClN2O3/c1-12(6-16,7-17)15-5-9-3-2-8(11(14)18)4-10(9)13/h2-4,15-17H,5-7H2,1H3,(H2,14,18). The van der Waals surface area contributed by atoms with Crippen LogP contribution in [0.2, 0.25) is 5.02 Å². The molecule has 0 aliphatic rings. The first-order valence-electron chi connectivity index (χ1n) is 5.47. The van der Waals surface area contributed by atoms with Crippen molar-refractivity contribution >= 4 is 17.5 Å². The van der Waals surface area contributed by atoms with Gasteiger partial charge in [0.05, 0.1) is 18.8 Å². The number of rotatable bonds is 6. The number of carbonyl (C=O) groups is 1. The van der Waals surface area contributed by atoms with Gasteiger partial charge < -0.3 is 21.3 Å². The fourth-order valence-electron chi connectivity index (χ4n) is 1.31. The van der Waals surface area contributed by atoms with Crippen molar-refractivity contribution < 1.29 is 15.0 Å². The lowest BCUT2D eigenvalue weighted by molar-refractivity contribution is 0.100. The Kier molecular flexibility index (Phi) is 5.10. The lowest BCUT2D eigenvalue weighted by atomic mass is 10.0. The zero-order chi connectivity index (χ0) is 13.8. The van der Waals surface area contributed by atoms with Crippen LogP contribution in [0.1, 0.15) is 22.8 Å². The molecule has 1 aromatic rings. The predicted octanol–water partition coefficient (Wildman–Crippen LogP) is 0.272. The Hall–Kier alpha value is -1.14. The van der Waals surface area contributed by atoms with E-state index in [1.165, 1.54) is 6.07 Å². The number of amides is 1. The van der Waals surface area contributed by atoms with Gasteiger partial charge >= 0.3 is 0 Å². The highest BCUT2D eigenvalue weighted by atomic mass is 35.5. The van der Waals surface area contributed by atoms with Gasteiger partial charge in [0.15, 0.2) is 0 Å². The maximum absolute atomic E-state index is 11.0. The zero-order valence-corrected chi connectivity index (χ0v) is 10.9. The smallest absolute Gasteiger partial charge is 0.248 e. The van der Waals surface area contributed by atoms with Crippen molar-refractivity contribution in [3.63, 3.8) is 0 Å². The summed E-state index contributed by atoms with van der Waals surface area (Å²) in [5.41, 5.74) is 5.47. The summed E-state index contributed by atoms with van der Waals surface area (Å²) in [7, 11) is 0. The van der Waals surface area contributed by atoms with Crippen LogP contribution in [-0.4, -0.2) is 34.9 Å². The Morgan fingerprint density at radius 3 is 2.50 bits per heavy atom. The maximum atomic E-state index is 11.0. The van der Waals surface area contributed by atoms with Gasteiger partial charge in [-0.05, 0) is 24.6 Å². The van der Waals surface area contributed by atoms with Gasteiger partial charge in [-0.1, -0.05) is 17.7 Å². The Balaban J connectivity index is 2.77. The number of hydrogen-bond acceptors (Lipinski definition) is 4. The van der Waals surface area contributed by atoms with E-state index in [0.717, 1.165) is 5.56 Å². The van der Waals surface area contributed by atoms with Gasteiger partial charge in [-0.3, -0.25) is 4.79 Å². The molecule has 0 spiro atoms. The highest BCUT2D eigenvalue weighted by Crippen LogP contribution is 2.18. The Morgan fingerprint density at radius 2 is 2.06 bits per heavy atom. The Bertz CT molecular complexity index is 433. The number of nitrogens with one attached hydrogen (secondary N) is 1. The SMILES string of the molecule is CC(CO)(CO)NCc1ccc(C(N)=O)cc1Cl. The number of primary amides is 1. The van der Waals surface area contributed by atoms with E-state index in [2.05, 4.69) is 5.32 Å². The number of carbonyl (C=O) groups excluding carboxylic acids is 1. The second kappa shape index (κ2) is 6.15. The quantitative estimate of drug-likeness (QED) is 0.598. The number of halogens is 1. The molecule has 0 unspecified atom stereocenters. The first-order chi connectivity index (χ1) is 8.41. The lowest BCUT2D eigenvalue weighted by Crippen LogP contribution is -2.48. The van der Waals surface area contributed by atoms with Crippen LogP contribution in [0, 0.1) is 0 Å². The highest BCUT2D eigenvalue weighted by molar-refractivity contribution is 6.31. The zero-order valence-electron chi connectivity index (χ0n) is 10.1. The number of aliphatic hydroxyl groups excluding tert-OH is 2. The van der Waals surface area contributed by atoms with Crippen LogP contribution in [-0.2, 0) is 6.54 Å². The molecule has 1 rings (SSSR count). The van der Waals surface area contributed by atoms with E-state index in [1.807, 2.05) is 0 Å². The van der Waals surface area contributed by atoms with E-state index >= 15 is 0 Å². The molecule has 100 valence electrons. The summed E-state index contributed by atoms with van der Waals surface area (Å²) in [4.78, 5) is 11.0. The highest BCUT2D eigenvalue weighted by Gasteiger charge is 2.21. The largest absolute Gasteiger partial charge is 0.394 e. The minimum atomic E-state index is -0.772. The summed E-state index contributed by atoms with van der Waals surface area (Å²) < 4.78 is 0. The molecule has 0 saturated carbocycles. The minimum Gasteiger partial charge on any atom is -0.394 e. The molecule has 0 atom stereocenters. The normalized spacial score (nSPS) is 11.6. The second-order valence-electron chi connectivity index (χ2n) is 4.40. The third-order valence-electron chi connectivity index (χ3n) is 2.74. The van der Waals surface area contributed by atoms with Crippen LogP contribution in [0.4, 0.5) is 0 Å². The molecule has 0 fully saturated rings. The average Bonchev–Trinajstić information content (AvgIpc) is 2.36. The number of aliphatic hydroxyl groups is 2. The van der Waals surface area contributed by atoms with Crippen molar-refractivity contribution in [2.75, 3.05) is 13.2 Å². The van der Waals surface area contributed by atoms with E-state index < -0.39 is 11.4 Å². The van der Waals surface area contributed by atoms with Crippen LogP contribution in [0.25, 0.3) is 0 Å². The Labute approximate surface area is 111 Å². The van der Waals surface area contributed by atoms with Crippen molar-refractivity contribution in [3.8, 4) is 0 Å². The van der Waals surface area contributed by atoms with Gasteiger partial charge in [-0.15, -0.1) is 0 Å². The van der Waals surface area contributed by atoms with E-state index in [1.54, 1.807) is 19.1 Å². The minimum absolute atomic E-state index is 0.194. The van der Waals surface area contributed by atoms with Crippen LogP contribution in [0.5, 0.6) is 0 Å². The molecular weight excluding hydrogens is 256 g/mol. The second-order valence-corrected chi connectivity index (χ2v) is 4.81. The molecule has 1 amide bonds. The molecule has 0 radical (unpaired) electrons. The van der Waals surface area contributed by atoms with E-state index in [-0.39, 0.29) is 13.2 Å². The van der Waals surface area contributed by atoms with Gasteiger partial charge in [0.25, 0.3) is 0 Å². The molecule has 5 N–H and O–H groups in total. The molecule has 1 aromatic carbocycles. The van der Waals surface area contributed by atoms with Crippen LogP contribution < -0.4 is 11.1 Å². The van der Waals surface area contributed by atoms with Crippen LogP contribution in [0.3, 0.4) is 0 Å². The van der Waals surface area contributed by atoms with Gasteiger partial charge in [0.2, 0.25) is 5.91 Å². The summed E-state index contributed by atoms with van der Waals surface area (Å²) >= 11 is 6.02. The predicted molar refractivity (Wildman–Crippen MR) is 69.4 cm³/mol. The molecule has 0 bridgehead atoms. The average molecular weight is 273 g/mol. The number of hydrogen-bond donors (Lipinski definition) is 4. The van der Waals surface area contributed by atoms with Crippen molar-refractivity contribution in [1.29, 1.82) is 0 Å². The number of benzene rings is 1. The van der Waals surface area contributed by atoms with Crippen molar-refractivity contribution in [2.24, 2.45) is 5.73 Å². The summed E-state index contributed by atoms with van der Waals surface area (Å²) in [5, 5.41) is 21.7. The summed E-state index contributed by atoms with van der Waals surface area (Å²) in [6, 6.07) is 4.77. The molecule has 0 aliphatic carbocycles. The van der Waals surface area contributed by atoms with Gasteiger partial charge in [-0.25, -0.2) is 0 Å². The maximum Gasteiger partial charge on any atom is 0.248 e. The summed E-state index contributed by atoms with van der Waals surface area (Å²) in [6.45, 7) is 1.68. The van der Waals surface area contributed by atoms with Crippen LogP contribution >= 0.6 is 11.6 Å². The Morgan fingerprint density at radius 1 is 1.44 bits per heavy atom. The fourth-order valence-corrected chi connectivity index (χ4v) is 1.56. The van der Waals surface area contributed by atoms with Gasteiger partial charge in [0.1, 0.15) is 0 Å². The molecule has 6 heteroatoms. The third kappa shape index (κ3) is 3.68. The molecule has 0 saturated heterocycles. The van der Waals surface area contributed by atoms with E-state index in [4.69, 9.17) is 27.5 Å². The topological polar surface area (TPSA) is 95.6 Å². The first kappa shape index (κ1) is 14.9. The van der Waals surface area contributed by atoms with Crippen molar-refractivity contribution in [3.05, 3.63) is 34.3 Å². The monoisotopic (exact) mass is 272 g/mol. The van der Waals surface area contributed by atoms with Crippen molar-refractivity contribution in [2.45, 2.75) is 19.0 Å². The van der Waals surface area contributed by atoms with Crippen LogP contribution in [0.15, 0.2) is 18.2 Å². The van der Waals surface area contributed by atoms with Crippen molar-refractivity contribution in [1.82, 2.24) is 5.32 Å².